The summed E-state index contributed by atoms with van der Waals surface area (Å²) in [5.74, 6) is 0.907. The highest BCUT2D eigenvalue weighted by atomic mass is 32.1. The van der Waals surface area contributed by atoms with Gasteiger partial charge in [-0.05, 0) is 27.9 Å². The van der Waals surface area contributed by atoms with E-state index in [0.29, 0.717) is 26.4 Å². The maximum absolute atomic E-state index is 5.83. The molecule has 0 fully saturated rings. The van der Waals surface area contributed by atoms with Crippen molar-refractivity contribution >= 4 is 24.0 Å². The Morgan fingerprint density at radius 1 is 1.00 bits per heavy atom. The molecule has 2 rings (SSSR count). The van der Waals surface area contributed by atoms with E-state index in [-0.39, 0.29) is 0 Å². The Kier molecular flexibility index (Phi) is 6.11. The van der Waals surface area contributed by atoms with Gasteiger partial charge in [-0.3, -0.25) is 0 Å². The minimum atomic E-state index is 0.546. The molecule has 20 heavy (non-hydrogen) atoms. The van der Waals surface area contributed by atoms with Crippen molar-refractivity contribution in [3.8, 4) is 16.9 Å². The minimum Gasteiger partial charge on any atom is -0.491 e. The zero-order chi connectivity index (χ0) is 14.2. The van der Waals surface area contributed by atoms with Crippen molar-refractivity contribution in [3.05, 3.63) is 35.7 Å². The third-order valence-corrected chi connectivity index (χ3v) is 3.80. The van der Waals surface area contributed by atoms with Gasteiger partial charge in [-0.15, -0.1) is 0 Å². The Morgan fingerprint density at radius 3 is 2.55 bits per heavy atom. The van der Waals surface area contributed by atoms with Crippen molar-refractivity contribution in [1.29, 1.82) is 0 Å². The van der Waals surface area contributed by atoms with Crippen molar-refractivity contribution < 1.29 is 14.2 Å². The summed E-state index contributed by atoms with van der Waals surface area (Å²) < 4.78 is 17.5. The molecule has 0 aliphatic rings. The van der Waals surface area contributed by atoms with Crippen molar-refractivity contribution in [2.24, 2.45) is 0 Å². The van der Waals surface area contributed by atoms with Gasteiger partial charge in [0, 0.05) is 12.7 Å². The molecule has 0 saturated carbocycles. The fourth-order valence-corrected chi connectivity index (χ4v) is 2.65. The first-order chi connectivity index (χ1) is 9.83. The minimum absolute atomic E-state index is 0.546. The second-order valence-corrected chi connectivity index (χ2v) is 5.46. The van der Waals surface area contributed by atoms with E-state index in [1.165, 1.54) is 10.3 Å². The summed E-state index contributed by atoms with van der Waals surface area (Å²) in [6.45, 7) is 2.33. The van der Waals surface area contributed by atoms with E-state index in [1.54, 1.807) is 18.4 Å². The molecule has 0 spiro atoms. The molecule has 2 aromatic rings. The lowest BCUT2D eigenvalue weighted by Crippen LogP contribution is -2.10. The van der Waals surface area contributed by atoms with Crippen LogP contribution < -0.4 is 9.51 Å². The second-order valence-electron chi connectivity index (χ2n) is 4.34. The molecule has 0 aliphatic carbocycles. The average Bonchev–Trinajstić information content (AvgIpc) is 2.89. The Hall–Kier alpha value is -1.30. The van der Waals surface area contributed by atoms with E-state index in [9.17, 15) is 0 Å². The SMILES string of the molecule is Bc1sccc1-c1ccccc1OCCOCCOC. The Bertz CT molecular complexity index is 527. The third kappa shape index (κ3) is 4.10. The molecule has 0 saturated heterocycles. The molecule has 0 bridgehead atoms. The highest BCUT2D eigenvalue weighted by Crippen LogP contribution is 2.29. The first-order valence-corrected chi connectivity index (χ1v) is 7.54. The number of methoxy groups -OCH3 is 1. The number of para-hydroxylation sites is 1. The second kappa shape index (κ2) is 8.09. The third-order valence-electron chi connectivity index (χ3n) is 2.95. The van der Waals surface area contributed by atoms with E-state index in [4.69, 9.17) is 14.2 Å². The topological polar surface area (TPSA) is 27.7 Å². The van der Waals surface area contributed by atoms with Gasteiger partial charge in [0.2, 0.25) is 0 Å². The fourth-order valence-electron chi connectivity index (χ4n) is 1.93. The zero-order valence-corrected chi connectivity index (χ0v) is 12.7. The molecular weight excluding hydrogens is 271 g/mol. The number of rotatable bonds is 8. The quantitative estimate of drug-likeness (QED) is 0.547. The molecule has 0 radical (unpaired) electrons. The number of hydrogen-bond donors (Lipinski definition) is 0. The lowest BCUT2D eigenvalue weighted by molar-refractivity contribution is 0.0545. The summed E-state index contributed by atoms with van der Waals surface area (Å²) in [4.78, 5) is 0. The number of ether oxygens (including phenoxy) is 3. The summed E-state index contributed by atoms with van der Waals surface area (Å²) in [7, 11) is 3.80. The molecule has 1 aromatic carbocycles. The Labute approximate surface area is 124 Å². The van der Waals surface area contributed by atoms with Gasteiger partial charge in [-0.2, -0.15) is 11.3 Å². The van der Waals surface area contributed by atoms with Crippen molar-refractivity contribution in [1.82, 2.24) is 0 Å². The molecule has 3 nitrogen and oxygen atoms in total. The van der Waals surface area contributed by atoms with Gasteiger partial charge < -0.3 is 14.2 Å². The average molecular weight is 290 g/mol. The van der Waals surface area contributed by atoms with Gasteiger partial charge >= 0.3 is 0 Å². The van der Waals surface area contributed by atoms with Crippen LogP contribution >= 0.6 is 11.3 Å². The predicted octanol–water partition coefficient (Wildman–Crippen LogP) is 1.72. The molecule has 0 unspecified atom stereocenters. The maximum atomic E-state index is 5.83. The van der Waals surface area contributed by atoms with Crippen molar-refractivity contribution in [2.45, 2.75) is 0 Å². The summed E-state index contributed by atoms with van der Waals surface area (Å²) in [5, 5.41) is 2.11. The van der Waals surface area contributed by atoms with Gasteiger partial charge in [-0.1, -0.05) is 18.2 Å². The van der Waals surface area contributed by atoms with E-state index >= 15 is 0 Å². The normalized spacial score (nSPS) is 10.7. The molecule has 1 heterocycles. The monoisotopic (exact) mass is 290 g/mol. The molecule has 1 aromatic heterocycles. The maximum Gasteiger partial charge on any atom is 0.153 e. The predicted molar refractivity (Wildman–Crippen MR) is 86.1 cm³/mol. The number of benzene rings is 1. The number of hydrogen-bond acceptors (Lipinski definition) is 4. The number of thiophene rings is 1. The van der Waals surface area contributed by atoms with Crippen LogP contribution in [-0.2, 0) is 9.47 Å². The fraction of sp³-hybridized carbons (Fsp3) is 0.333. The van der Waals surface area contributed by atoms with Gasteiger partial charge in [-0.25, -0.2) is 0 Å². The molecule has 0 aliphatic heterocycles. The summed E-state index contributed by atoms with van der Waals surface area (Å²) in [6.07, 6.45) is 0. The summed E-state index contributed by atoms with van der Waals surface area (Å²) >= 11 is 1.75. The summed E-state index contributed by atoms with van der Waals surface area (Å²) in [6, 6.07) is 10.3. The lowest BCUT2D eigenvalue weighted by Gasteiger charge is -2.11. The van der Waals surface area contributed by atoms with E-state index in [2.05, 4.69) is 25.4 Å². The van der Waals surface area contributed by atoms with Crippen LogP contribution in [0.25, 0.3) is 11.1 Å². The van der Waals surface area contributed by atoms with E-state index < -0.39 is 0 Å². The van der Waals surface area contributed by atoms with Crippen LogP contribution in [0.4, 0.5) is 0 Å². The molecule has 5 heteroatoms. The Balaban J connectivity index is 1.94. The van der Waals surface area contributed by atoms with Crippen LogP contribution in [0.1, 0.15) is 0 Å². The van der Waals surface area contributed by atoms with Crippen LogP contribution in [0.5, 0.6) is 5.75 Å². The molecular formula is C15H19BO3S. The van der Waals surface area contributed by atoms with E-state index in [0.717, 1.165) is 11.3 Å². The van der Waals surface area contributed by atoms with Crippen LogP contribution in [0.15, 0.2) is 35.7 Å². The van der Waals surface area contributed by atoms with Crippen LogP contribution in [0.3, 0.4) is 0 Å². The standard InChI is InChI=1S/C15H19BO3S/c1-17-7-8-18-9-10-19-14-5-3-2-4-12(14)13-6-11-20-15(13)16/h2-6,11H,7-10,16H2,1H3. The highest BCUT2D eigenvalue weighted by Gasteiger charge is 2.08. The smallest absolute Gasteiger partial charge is 0.153 e. The van der Waals surface area contributed by atoms with Gasteiger partial charge in [0.15, 0.2) is 7.85 Å². The molecule has 0 atom stereocenters. The van der Waals surface area contributed by atoms with E-state index in [1.807, 2.05) is 18.2 Å². The van der Waals surface area contributed by atoms with Crippen LogP contribution in [0.2, 0.25) is 0 Å². The van der Waals surface area contributed by atoms with Crippen LogP contribution in [0, 0.1) is 0 Å². The Morgan fingerprint density at radius 2 is 1.80 bits per heavy atom. The van der Waals surface area contributed by atoms with Gasteiger partial charge in [0.05, 0.1) is 19.8 Å². The summed E-state index contributed by atoms with van der Waals surface area (Å²) in [5.41, 5.74) is 2.38. The van der Waals surface area contributed by atoms with Crippen molar-refractivity contribution in [2.75, 3.05) is 33.5 Å². The first-order valence-electron chi connectivity index (χ1n) is 6.66. The van der Waals surface area contributed by atoms with Crippen molar-refractivity contribution in [3.63, 3.8) is 0 Å². The lowest BCUT2D eigenvalue weighted by atomic mass is 9.96. The highest BCUT2D eigenvalue weighted by molar-refractivity contribution is 7.19. The largest absolute Gasteiger partial charge is 0.491 e. The first kappa shape index (κ1) is 15.1. The molecule has 106 valence electrons. The van der Waals surface area contributed by atoms with Gasteiger partial charge in [0.1, 0.15) is 12.4 Å². The molecule has 0 amide bonds. The molecule has 0 N–H and O–H groups in total. The van der Waals surface area contributed by atoms with Gasteiger partial charge in [0.25, 0.3) is 0 Å². The zero-order valence-electron chi connectivity index (χ0n) is 11.9. The van der Waals surface area contributed by atoms with Crippen LogP contribution in [-0.4, -0.2) is 41.4 Å².